The van der Waals surface area contributed by atoms with Gasteiger partial charge in [-0.05, 0) is 25.0 Å². The van der Waals surface area contributed by atoms with E-state index in [0.29, 0.717) is 19.6 Å². The zero-order valence-electron chi connectivity index (χ0n) is 13.2. The molecule has 2 nitrogen and oxygen atoms in total. The van der Waals surface area contributed by atoms with Gasteiger partial charge in [-0.2, -0.15) is 0 Å². The molecule has 0 spiro atoms. The number of benzene rings is 2. The maximum absolute atomic E-state index is 13.9. The second-order valence-electron chi connectivity index (χ2n) is 6.22. The molecule has 2 aromatic carbocycles. The first-order valence-corrected chi connectivity index (χ1v) is 7.62. The molecule has 1 N–H and O–H groups in total. The van der Waals surface area contributed by atoms with E-state index < -0.39 is 11.8 Å². The molecular weight excluding hydrogens is 277 g/mol. The molecule has 0 bridgehead atoms. The van der Waals surface area contributed by atoms with Gasteiger partial charge < -0.3 is 5.11 Å². The van der Waals surface area contributed by atoms with Crippen LogP contribution >= 0.6 is 0 Å². The molecule has 22 heavy (non-hydrogen) atoms. The average Bonchev–Trinajstić information content (AvgIpc) is 2.48. The van der Waals surface area contributed by atoms with Gasteiger partial charge in [-0.1, -0.05) is 60.7 Å². The number of aliphatic hydroxyl groups is 1. The largest absolute Gasteiger partial charge is 0.388 e. The van der Waals surface area contributed by atoms with E-state index >= 15 is 0 Å². The van der Waals surface area contributed by atoms with Gasteiger partial charge in [0, 0.05) is 19.6 Å². The lowest BCUT2D eigenvalue weighted by Crippen LogP contribution is -2.41. The molecule has 1 atom stereocenters. The van der Waals surface area contributed by atoms with Gasteiger partial charge in [0.15, 0.2) is 0 Å². The van der Waals surface area contributed by atoms with Crippen LogP contribution in [0.5, 0.6) is 0 Å². The second-order valence-corrected chi connectivity index (χ2v) is 6.22. The van der Waals surface area contributed by atoms with Crippen LogP contribution in [0.2, 0.25) is 0 Å². The molecule has 0 aliphatic rings. The van der Waals surface area contributed by atoms with Crippen molar-refractivity contribution in [3.8, 4) is 0 Å². The molecule has 1 unspecified atom stereocenters. The first kappa shape index (κ1) is 16.7. The highest BCUT2D eigenvalue weighted by Crippen LogP contribution is 2.18. The molecule has 2 aromatic rings. The van der Waals surface area contributed by atoms with Crippen LogP contribution < -0.4 is 0 Å². The summed E-state index contributed by atoms with van der Waals surface area (Å²) in [5.41, 5.74) is 0.704. The lowest BCUT2D eigenvalue weighted by atomic mass is 10.0. The van der Waals surface area contributed by atoms with E-state index in [1.54, 1.807) is 0 Å². The quantitative estimate of drug-likeness (QED) is 0.841. The zero-order chi connectivity index (χ0) is 16.0. The van der Waals surface area contributed by atoms with E-state index in [1.165, 1.54) is 13.8 Å². The number of halogens is 1. The summed E-state index contributed by atoms with van der Waals surface area (Å²) in [5.74, 6) is 0. The third kappa shape index (κ3) is 5.24. The van der Waals surface area contributed by atoms with Crippen LogP contribution in [0.4, 0.5) is 4.39 Å². The molecule has 0 aromatic heterocycles. The molecule has 0 aliphatic carbocycles. The lowest BCUT2D eigenvalue weighted by Gasteiger charge is -2.29. The SMILES string of the molecule is CC(C)(F)C(O)CN(Cc1ccccc1)Cc1ccccc1. The average molecular weight is 301 g/mol. The van der Waals surface area contributed by atoms with Crippen molar-refractivity contribution in [3.05, 3.63) is 71.8 Å². The number of aliphatic hydroxyl groups excluding tert-OH is 1. The first-order valence-electron chi connectivity index (χ1n) is 7.62. The minimum absolute atomic E-state index is 0.299. The Labute approximate surface area is 132 Å². The molecule has 0 fully saturated rings. The summed E-state index contributed by atoms with van der Waals surface area (Å²) in [6, 6.07) is 20.1. The fourth-order valence-electron chi connectivity index (χ4n) is 2.33. The Morgan fingerprint density at radius 1 is 0.909 bits per heavy atom. The van der Waals surface area contributed by atoms with E-state index in [1.807, 2.05) is 60.7 Å². The molecule has 0 radical (unpaired) electrons. The highest BCUT2D eigenvalue weighted by molar-refractivity contribution is 5.17. The van der Waals surface area contributed by atoms with Crippen molar-refractivity contribution in [2.45, 2.75) is 38.7 Å². The Morgan fingerprint density at radius 2 is 1.32 bits per heavy atom. The fraction of sp³-hybridized carbons (Fsp3) is 0.368. The number of alkyl halides is 1. The summed E-state index contributed by atoms with van der Waals surface area (Å²) < 4.78 is 13.9. The van der Waals surface area contributed by atoms with Gasteiger partial charge in [0.2, 0.25) is 0 Å². The minimum atomic E-state index is -1.61. The van der Waals surface area contributed by atoms with Gasteiger partial charge >= 0.3 is 0 Å². The first-order chi connectivity index (χ1) is 10.4. The third-order valence-corrected chi connectivity index (χ3v) is 3.72. The van der Waals surface area contributed by atoms with Gasteiger partial charge in [0.05, 0.1) is 0 Å². The Hall–Kier alpha value is -1.71. The van der Waals surface area contributed by atoms with Crippen molar-refractivity contribution >= 4 is 0 Å². The standard InChI is InChI=1S/C19H24FNO/c1-19(2,20)18(22)15-21(13-16-9-5-3-6-10-16)14-17-11-7-4-8-12-17/h3-12,18,22H,13-15H2,1-2H3. The summed E-state index contributed by atoms with van der Waals surface area (Å²) in [6.45, 7) is 4.50. The van der Waals surface area contributed by atoms with Crippen LogP contribution in [0.25, 0.3) is 0 Å². The zero-order valence-corrected chi connectivity index (χ0v) is 13.2. The normalized spacial score (nSPS) is 13.3. The Morgan fingerprint density at radius 3 is 1.68 bits per heavy atom. The molecular formula is C19H24FNO. The predicted octanol–water partition coefficient (Wildman–Crippen LogP) is 3.80. The summed E-state index contributed by atoms with van der Waals surface area (Å²) in [7, 11) is 0. The van der Waals surface area contributed by atoms with Gasteiger partial charge in [0.1, 0.15) is 11.8 Å². The number of hydrogen-bond donors (Lipinski definition) is 1. The van der Waals surface area contributed by atoms with Gasteiger partial charge in [0.25, 0.3) is 0 Å². The van der Waals surface area contributed by atoms with Crippen LogP contribution in [-0.4, -0.2) is 28.3 Å². The van der Waals surface area contributed by atoms with Crippen LogP contribution in [0, 0.1) is 0 Å². The minimum Gasteiger partial charge on any atom is -0.388 e. The van der Waals surface area contributed by atoms with Crippen LogP contribution in [0.15, 0.2) is 60.7 Å². The molecule has 118 valence electrons. The van der Waals surface area contributed by atoms with Crippen LogP contribution in [0.1, 0.15) is 25.0 Å². The Kier molecular flexibility index (Phi) is 5.69. The molecule has 0 saturated carbocycles. The van der Waals surface area contributed by atoms with E-state index in [9.17, 15) is 9.50 Å². The maximum atomic E-state index is 13.9. The summed E-state index contributed by atoms with van der Waals surface area (Å²) in [4.78, 5) is 2.08. The molecule has 2 rings (SSSR count). The molecule has 0 heterocycles. The van der Waals surface area contributed by atoms with E-state index in [4.69, 9.17) is 0 Å². The highest BCUT2D eigenvalue weighted by atomic mass is 19.1. The highest BCUT2D eigenvalue weighted by Gasteiger charge is 2.28. The van der Waals surface area contributed by atoms with Crippen molar-refractivity contribution in [1.82, 2.24) is 4.90 Å². The van der Waals surface area contributed by atoms with Gasteiger partial charge in [-0.3, -0.25) is 4.90 Å². The number of nitrogens with zero attached hydrogens (tertiary/aromatic N) is 1. The summed E-state index contributed by atoms with van der Waals surface area (Å²) in [6.07, 6.45) is -1.01. The molecule has 3 heteroatoms. The van der Waals surface area contributed by atoms with E-state index in [0.717, 1.165) is 11.1 Å². The van der Waals surface area contributed by atoms with Crippen molar-refractivity contribution in [3.63, 3.8) is 0 Å². The fourth-order valence-corrected chi connectivity index (χ4v) is 2.33. The van der Waals surface area contributed by atoms with E-state index in [-0.39, 0.29) is 0 Å². The van der Waals surface area contributed by atoms with Crippen molar-refractivity contribution in [1.29, 1.82) is 0 Å². The molecule has 0 saturated heterocycles. The topological polar surface area (TPSA) is 23.5 Å². The van der Waals surface area contributed by atoms with Crippen molar-refractivity contribution in [2.24, 2.45) is 0 Å². The Bertz CT molecular complexity index is 509. The van der Waals surface area contributed by atoms with Crippen molar-refractivity contribution < 1.29 is 9.50 Å². The number of hydrogen-bond acceptors (Lipinski definition) is 2. The Balaban J connectivity index is 2.09. The van der Waals surface area contributed by atoms with Crippen LogP contribution in [0.3, 0.4) is 0 Å². The van der Waals surface area contributed by atoms with Crippen molar-refractivity contribution in [2.75, 3.05) is 6.54 Å². The van der Waals surface area contributed by atoms with Gasteiger partial charge in [-0.25, -0.2) is 4.39 Å². The van der Waals surface area contributed by atoms with E-state index in [2.05, 4.69) is 4.90 Å². The molecule has 0 amide bonds. The summed E-state index contributed by atoms with van der Waals surface area (Å²) in [5, 5.41) is 10.1. The lowest BCUT2D eigenvalue weighted by molar-refractivity contribution is -0.00962. The maximum Gasteiger partial charge on any atom is 0.132 e. The molecule has 0 aliphatic heterocycles. The van der Waals surface area contributed by atoms with Crippen LogP contribution in [-0.2, 0) is 13.1 Å². The summed E-state index contributed by atoms with van der Waals surface area (Å²) >= 11 is 0. The smallest absolute Gasteiger partial charge is 0.132 e. The monoisotopic (exact) mass is 301 g/mol. The number of rotatable bonds is 7. The third-order valence-electron chi connectivity index (χ3n) is 3.72. The van der Waals surface area contributed by atoms with Gasteiger partial charge in [-0.15, -0.1) is 0 Å². The second kappa shape index (κ2) is 7.52. The predicted molar refractivity (Wildman–Crippen MR) is 88.2 cm³/mol.